The third kappa shape index (κ3) is 3.27. The van der Waals surface area contributed by atoms with Crippen molar-refractivity contribution >= 4 is 11.5 Å². The van der Waals surface area contributed by atoms with Gasteiger partial charge in [0.15, 0.2) is 0 Å². The summed E-state index contributed by atoms with van der Waals surface area (Å²) in [5, 5.41) is 9.24. The van der Waals surface area contributed by atoms with Crippen molar-refractivity contribution in [1.82, 2.24) is 9.88 Å². The molecule has 2 saturated heterocycles. The third-order valence-corrected chi connectivity index (χ3v) is 4.64. The maximum Gasteiger partial charge on any atom is 0.146 e. The molecule has 1 aromatic heterocycles. The topological polar surface area (TPSA) is 69.2 Å². The Labute approximate surface area is 126 Å². The number of pyridine rings is 1. The van der Waals surface area contributed by atoms with Crippen LogP contribution in [0.3, 0.4) is 0 Å². The Hall–Kier alpha value is -1.80. The van der Waals surface area contributed by atoms with Crippen molar-refractivity contribution in [2.75, 3.05) is 43.4 Å². The molecule has 3 heterocycles. The van der Waals surface area contributed by atoms with Gasteiger partial charge in [-0.2, -0.15) is 5.26 Å². The fraction of sp³-hybridized carbons (Fsp3) is 0.625. The highest BCUT2D eigenvalue weighted by Gasteiger charge is 2.24. The van der Waals surface area contributed by atoms with Gasteiger partial charge in [-0.25, -0.2) is 4.98 Å². The summed E-state index contributed by atoms with van der Waals surface area (Å²) < 4.78 is 0. The van der Waals surface area contributed by atoms with Gasteiger partial charge in [-0.15, -0.1) is 0 Å². The Kier molecular flexibility index (Phi) is 4.26. The number of nitrogens with zero attached hydrogens (tertiary/aromatic N) is 4. The van der Waals surface area contributed by atoms with Crippen LogP contribution in [0, 0.1) is 17.2 Å². The molecule has 0 saturated carbocycles. The van der Waals surface area contributed by atoms with Gasteiger partial charge in [0.1, 0.15) is 11.9 Å². The van der Waals surface area contributed by atoms with E-state index in [9.17, 15) is 5.26 Å². The molecule has 0 radical (unpaired) electrons. The van der Waals surface area contributed by atoms with Gasteiger partial charge in [0.25, 0.3) is 0 Å². The molecule has 2 aliphatic heterocycles. The Morgan fingerprint density at radius 3 is 2.62 bits per heavy atom. The lowest BCUT2D eigenvalue weighted by Crippen LogP contribution is -2.38. The van der Waals surface area contributed by atoms with E-state index in [-0.39, 0.29) is 0 Å². The Morgan fingerprint density at radius 2 is 1.95 bits per heavy atom. The predicted molar refractivity (Wildman–Crippen MR) is 84.0 cm³/mol. The Morgan fingerprint density at radius 1 is 1.24 bits per heavy atom. The molecule has 1 aromatic rings. The van der Waals surface area contributed by atoms with E-state index in [0.29, 0.717) is 11.3 Å². The second-order valence-corrected chi connectivity index (χ2v) is 6.19. The zero-order chi connectivity index (χ0) is 14.7. The van der Waals surface area contributed by atoms with Crippen molar-refractivity contribution in [2.24, 2.45) is 5.92 Å². The molecule has 0 unspecified atom stereocenters. The summed E-state index contributed by atoms with van der Waals surface area (Å²) in [7, 11) is 0. The molecule has 2 aliphatic rings. The molecule has 0 aliphatic carbocycles. The summed E-state index contributed by atoms with van der Waals surface area (Å²) in [4.78, 5) is 9.20. The van der Waals surface area contributed by atoms with Crippen molar-refractivity contribution in [3.63, 3.8) is 0 Å². The van der Waals surface area contributed by atoms with Crippen molar-refractivity contribution in [2.45, 2.75) is 25.7 Å². The van der Waals surface area contributed by atoms with E-state index in [1.165, 1.54) is 45.3 Å². The van der Waals surface area contributed by atoms with Gasteiger partial charge in [0.05, 0.1) is 17.4 Å². The first-order valence-electron chi connectivity index (χ1n) is 7.89. The third-order valence-electron chi connectivity index (χ3n) is 4.64. The van der Waals surface area contributed by atoms with Crippen LogP contribution in [0.1, 0.15) is 31.2 Å². The number of nitrogen functional groups attached to an aromatic ring is 1. The minimum atomic E-state index is 0.555. The summed E-state index contributed by atoms with van der Waals surface area (Å²) >= 11 is 0. The minimum absolute atomic E-state index is 0.555. The van der Waals surface area contributed by atoms with Crippen LogP contribution in [0.25, 0.3) is 0 Å². The van der Waals surface area contributed by atoms with Crippen LogP contribution in [0.15, 0.2) is 12.3 Å². The molecule has 2 fully saturated rings. The van der Waals surface area contributed by atoms with Crippen LogP contribution in [-0.4, -0.2) is 42.6 Å². The number of hydrogen-bond acceptors (Lipinski definition) is 5. The van der Waals surface area contributed by atoms with E-state index < -0.39 is 0 Å². The lowest BCUT2D eigenvalue weighted by Gasteiger charge is -2.34. The zero-order valence-electron chi connectivity index (χ0n) is 12.5. The summed E-state index contributed by atoms with van der Waals surface area (Å²) in [5.41, 5.74) is 6.85. The number of aromatic nitrogens is 1. The monoisotopic (exact) mass is 285 g/mol. The molecular weight excluding hydrogens is 262 g/mol. The van der Waals surface area contributed by atoms with E-state index in [1.54, 1.807) is 12.3 Å². The number of hydrogen-bond donors (Lipinski definition) is 1. The molecule has 0 spiro atoms. The van der Waals surface area contributed by atoms with Gasteiger partial charge in [-0.3, -0.25) is 0 Å². The molecule has 21 heavy (non-hydrogen) atoms. The molecule has 2 N–H and O–H groups in total. The summed E-state index contributed by atoms with van der Waals surface area (Å²) in [6, 6.07) is 3.93. The van der Waals surface area contributed by atoms with E-state index in [2.05, 4.69) is 20.9 Å². The number of nitriles is 1. The van der Waals surface area contributed by atoms with E-state index in [1.807, 2.05) is 0 Å². The molecule has 3 rings (SSSR count). The van der Waals surface area contributed by atoms with Crippen LogP contribution >= 0.6 is 0 Å². The highest BCUT2D eigenvalue weighted by atomic mass is 15.2. The maximum atomic E-state index is 9.24. The van der Waals surface area contributed by atoms with Crippen molar-refractivity contribution in [3.8, 4) is 6.07 Å². The maximum absolute atomic E-state index is 9.24. The van der Waals surface area contributed by atoms with E-state index in [4.69, 9.17) is 5.73 Å². The summed E-state index contributed by atoms with van der Waals surface area (Å²) in [5.74, 6) is 1.59. The largest absolute Gasteiger partial charge is 0.397 e. The number of rotatable bonds is 3. The molecule has 5 nitrogen and oxygen atoms in total. The second kappa shape index (κ2) is 6.31. The number of anilines is 2. The average molecular weight is 285 g/mol. The Bertz CT molecular complexity index is 522. The normalized spacial score (nSPS) is 20.6. The number of nitrogens with two attached hydrogens (primary N) is 1. The van der Waals surface area contributed by atoms with E-state index in [0.717, 1.165) is 24.8 Å². The molecule has 0 bridgehead atoms. The second-order valence-electron chi connectivity index (χ2n) is 6.19. The molecular formula is C16H23N5. The number of piperidine rings is 1. The van der Waals surface area contributed by atoms with Gasteiger partial charge in [0.2, 0.25) is 0 Å². The number of likely N-dealkylation sites (tertiary alicyclic amines) is 1. The van der Waals surface area contributed by atoms with Crippen molar-refractivity contribution < 1.29 is 0 Å². The Balaban J connectivity index is 1.59. The summed E-state index contributed by atoms with van der Waals surface area (Å²) in [6.45, 7) is 5.78. The molecule has 0 atom stereocenters. The SMILES string of the molecule is N#Cc1cc(N)cnc1N1CCC(CN2CCCC2)CC1. The van der Waals surface area contributed by atoms with Crippen LogP contribution in [0.2, 0.25) is 0 Å². The molecule has 0 aromatic carbocycles. The fourth-order valence-corrected chi connectivity index (χ4v) is 3.47. The summed E-state index contributed by atoms with van der Waals surface area (Å²) in [6.07, 6.45) is 6.74. The predicted octanol–water partition coefficient (Wildman–Crippen LogP) is 1.85. The van der Waals surface area contributed by atoms with Gasteiger partial charge < -0.3 is 15.5 Å². The van der Waals surface area contributed by atoms with Gasteiger partial charge in [-0.1, -0.05) is 0 Å². The molecule has 0 amide bonds. The quantitative estimate of drug-likeness (QED) is 0.918. The first-order chi connectivity index (χ1) is 10.3. The standard InChI is InChI=1S/C16H23N5/c17-10-14-9-15(18)11-19-16(14)21-7-3-13(4-8-21)12-20-5-1-2-6-20/h9,11,13H,1-8,12,18H2. The van der Waals surface area contributed by atoms with Crippen LogP contribution < -0.4 is 10.6 Å². The average Bonchev–Trinajstić information content (AvgIpc) is 3.01. The highest BCUT2D eigenvalue weighted by Crippen LogP contribution is 2.26. The lowest BCUT2D eigenvalue weighted by molar-refractivity contribution is 0.249. The van der Waals surface area contributed by atoms with Crippen LogP contribution in [0.4, 0.5) is 11.5 Å². The first-order valence-corrected chi connectivity index (χ1v) is 7.89. The van der Waals surface area contributed by atoms with Gasteiger partial charge >= 0.3 is 0 Å². The highest BCUT2D eigenvalue weighted by molar-refractivity contribution is 5.58. The lowest BCUT2D eigenvalue weighted by atomic mass is 9.96. The molecule has 112 valence electrons. The van der Waals surface area contributed by atoms with Crippen molar-refractivity contribution in [1.29, 1.82) is 5.26 Å². The first kappa shape index (κ1) is 14.2. The van der Waals surface area contributed by atoms with E-state index >= 15 is 0 Å². The smallest absolute Gasteiger partial charge is 0.146 e. The van der Waals surface area contributed by atoms with Gasteiger partial charge in [0, 0.05) is 19.6 Å². The molecule has 5 heteroatoms. The van der Waals surface area contributed by atoms with Crippen molar-refractivity contribution in [3.05, 3.63) is 17.8 Å². The van der Waals surface area contributed by atoms with Crippen LogP contribution in [0.5, 0.6) is 0 Å². The van der Waals surface area contributed by atoms with Gasteiger partial charge in [-0.05, 0) is 50.8 Å². The van der Waals surface area contributed by atoms with Crippen LogP contribution in [-0.2, 0) is 0 Å². The zero-order valence-corrected chi connectivity index (χ0v) is 12.5. The fourth-order valence-electron chi connectivity index (χ4n) is 3.47. The minimum Gasteiger partial charge on any atom is -0.397 e.